The van der Waals surface area contributed by atoms with Crippen LogP contribution in [0.25, 0.3) is 0 Å². The van der Waals surface area contributed by atoms with E-state index in [2.05, 4.69) is 0 Å². The number of hydrogen-bond acceptors (Lipinski definition) is 4. The van der Waals surface area contributed by atoms with Crippen molar-refractivity contribution in [3.05, 3.63) is 30.1 Å². The lowest BCUT2D eigenvalue weighted by molar-refractivity contribution is -0.671. The second kappa shape index (κ2) is 6.43. The van der Waals surface area contributed by atoms with E-state index in [0.29, 0.717) is 5.56 Å². The molecule has 0 amide bonds. The van der Waals surface area contributed by atoms with Gasteiger partial charge in [0.2, 0.25) is 0 Å². The SMILES string of the molecule is C[n+]1cccc(CCC(O)(P(=O)(O)O)P(=O)(O)O)c1.[OH-]. The number of hydrogen-bond donors (Lipinski definition) is 5. The van der Waals surface area contributed by atoms with E-state index >= 15 is 0 Å². The minimum atomic E-state index is -5.37. The van der Waals surface area contributed by atoms with Gasteiger partial charge in [-0.05, 0) is 12.5 Å². The number of aryl methyl sites for hydroxylation is 2. The molecule has 0 radical (unpaired) electrons. The summed E-state index contributed by atoms with van der Waals surface area (Å²) in [7, 11) is -9.02. The first-order valence-electron chi connectivity index (χ1n) is 5.25. The maximum absolute atomic E-state index is 11.1. The first-order chi connectivity index (χ1) is 8.47. The van der Waals surface area contributed by atoms with E-state index in [9.17, 15) is 14.2 Å². The zero-order valence-corrected chi connectivity index (χ0v) is 12.4. The van der Waals surface area contributed by atoms with Crippen molar-refractivity contribution in [2.75, 3.05) is 0 Å². The van der Waals surface area contributed by atoms with Gasteiger partial charge in [0, 0.05) is 18.1 Å². The average molecular weight is 329 g/mol. The van der Waals surface area contributed by atoms with Crippen LogP contribution < -0.4 is 4.57 Å². The summed E-state index contributed by atoms with van der Waals surface area (Å²) >= 11 is 0. The Kier molecular flexibility index (Phi) is 6.22. The van der Waals surface area contributed by atoms with Crippen molar-refractivity contribution < 1.29 is 43.9 Å². The zero-order chi connectivity index (χ0) is 14.9. The van der Waals surface area contributed by atoms with Crippen LogP contribution in [-0.4, -0.2) is 35.2 Å². The number of rotatable bonds is 5. The van der Waals surface area contributed by atoms with E-state index < -0.39 is 26.7 Å². The fourth-order valence-corrected chi connectivity index (χ4v) is 3.73. The Morgan fingerprint density at radius 1 is 1.20 bits per heavy atom. The van der Waals surface area contributed by atoms with Crippen LogP contribution in [0.2, 0.25) is 0 Å². The molecule has 0 fully saturated rings. The highest BCUT2D eigenvalue weighted by atomic mass is 31.2. The highest BCUT2D eigenvalue weighted by Crippen LogP contribution is 2.69. The second-order valence-electron chi connectivity index (χ2n) is 4.24. The van der Waals surface area contributed by atoms with E-state index in [1.807, 2.05) is 0 Å². The summed E-state index contributed by atoms with van der Waals surface area (Å²) in [6.45, 7) is 0. The van der Waals surface area contributed by atoms with Gasteiger partial charge >= 0.3 is 15.2 Å². The average Bonchev–Trinajstić information content (AvgIpc) is 2.22. The largest absolute Gasteiger partial charge is 0.870 e. The molecule has 9 nitrogen and oxygen atoms in total. The van der Waals surface area contributed by atoms with Crippen molar-refractivity contribution in [1.29, 1.82) is 0 Å². The van der Waals surface area contributed by atoms with Crippen LogP contribution in [0.15, 0.2) is 24.5 Å². The van der Waals surface area contributed by atoms with E-state index in [-0.39, 0.29) is 11.9 Å². The maximum atomic E-state index is 11.1. The van der Waals surface area contributed by atoms with Crippen molar-refractivity contribution in [2.45, 2.75) is 17.9 Å². The summed E-state index contributed by atoms with van der Waals surface area (Å²) in [5.74, 6) is 0. The molecule has 0 aliphatic rings. The smallest absolute Gasteiger partial charge is 0.369 e. The number of pyridine rings is 1. The number of aromatic nitrogens is 1. The highest BCUT2D eigenvalue weighted by molar-refractivity contribution is 7.72. The summed E-state index contributed by atoms with van der Waals surface area (Å²) in [6, 6.07) is 3.29. The Balaban J connectivity index is 0.00000361. The molecule has 6 N–H and O–H groups in total. The Bertz CT molecular complexity index is 529. The molecule has 0 saturated carbocycles. The molecule has 0 atom stereocenters. The van der Waals surface area contributed by atoms with Crippen LogP contribution >= 0.6 is 15.2 Å². The standard InChI is InChI=1S/C9H15NO7P2.H2O/c1-10-6-2-3-8(7-10)4-5-9(11,18(12,13)14)19(15,16)17;/h2-3,6-7,11H,4-5H2,1H3,(H3-,12,13,14,15,16,17);1H2. The molecule has 1 aromatic rings. The minimum absolute atomic E-state index is 0. The third kappa shape index (κ3) is 4.18. The molecular formula is C9H17NO8P2. The molecule has 1 aromatic heterocycles. The van der Waals surface area contributed by atoms with Gasteiger partial charge in [0.15, 0.2) is 12.4 Å². The molecule has 0 spiro atoms. The third-order valence-corrected chi connectivity index (χ3v) is 6.56. The van der Waals surface area contributed by atoms with Crippen LogP contribution in [0.1, 0.15) is 12.0 Å². The lowest BCUT2D eigenvalue weighted by atomic mass is 10.1. The Labute approximate surface area is 115 Å². The molecule has 1 rings (SSSR count). The topological polar surface area (TPSA) is 169 Å². The molecule has 20 heavy (non-hydrogen) atoms. The van der Waals surface area contributed by atoms with Gasteiger partial charge in [-0.15, -0.1) is 0 Å². The first-order valence-corrected chi connectivity index (χ1v) is 8.48. The summed E-state index contributed by atoms with van der Waals surface area (Å²) in [5.41, 5.74) is 0.588. The van der Waals surface area contributed by atoms with Gasteiger partial charge in [0.1, 0.15) is 7.05 Å². The van der Waals surface area contributed by atoms with Crippen molar-refractivity contribution in [3.8, 4) is 0 Å². The molecule has 0 aliphatic carbocycles. The molecule has 0 saturated heterocycles. The predicted molar refractivity (Wildman–Crippen MR) is 66.9 cm³/mol. The van der Waals surface area contributed by atoms with Gasteiger partial charge in [-0.3, -0.25) is 9.13 Å². The number of aliphatic hydroxyl groups is 1. The van der Waals surface area contributed by atoms with Gasteiger partial charge < -0.3 is 30.2 Å². The quantitative estimate of drug-likeness (QED) is 0.348. The molecule has 0 aromatic carbocycles. The van der Waals surface area contributed by atoms with Gasteiger partial charge in [0.05, 0.1) is 0 Å². The van der Waals surface area contributed by atoms with Gasteiger partial charge in [-0.1, -0.05) is 0 Å². The van der Waals surface area contributed by atoms with E-state index in [1.54, 1.807) is 36.1 Å². The highest BCUT2D eigenvalue weighted by Gasteiger charge is 2.58. The molecule has 116 valence electrons. The van der Waals surface area contributed by atoms with Crippen LogP contribution in [0.5, 0.6) is 0 Å². The Morgan fingerprint density at radius 3 is 2.10 bits per heavy atom. The van der Waals surface area contributed by atoms with Crippen LogP contribution in [0, 0.1) is 0 Å². The lowest BCUT2D eigenvalue weighted by Gasteiger charge is -2.28. The van der Waals surface area contributed by atoms with Crippen molar-refractivity contribution >= 4 is 15.2 Å². The maximum Gasteiger partial charge on any atom is 0.369 e. The van der Waals surface area contributed by atoms with Crippen molar-refractivity contribution in [2.24, 2.45) is 7.05 Å². The lowest BCUT2D eigenvalue weighted by Crippen LogP contribution is -2.30. The van der Waals surface area contributed by atoms with Gasteiger partial charge in [0.25, 0.3) is 5.08 Å². The predicted octanol–water partition coefficient (Wildman–Crippen LogP) is -0.732. The molecule has 0 aliphatic heterocycles. The summed E-state index contributed by atoms with van der Waals surface area (Å²) in [4.78, 5) is 35.9. The monoisotopic (exact) mass is 329 g/mol. The fourth-order valence-electron chi connectivity index (χ4n) is 1.57. The summed E-state index contributed by atoms with van der Waals surface area (Å²) < 4.78 is 23.9. The Morgan fingerprint density at radius 2 is 1.70 bits per heavy atom. The molecular weight excluding hydrogens is 312 g/mol. The summed E-state index contributed by atoms with van der Waals surface area (Å²) in [6.07, 6.45) is 2.52. The normalized spacial score (nSPS) is 12.9. The molecule has 0 bridgehead atoms. The third-order valence-electron chi connectivity index (χ3n) is 2.68. The van der Waals surface area contributed by atoms with E-state index in [0.717, 1.165) is 0 Å². The van der Waals surface area contributed by atoms with Crippen LogP contribution in [0.3, 0.4) is 0 Å². The first kappa shape index (κ1) is 19.4. The zero-order valence-electron chi connectivity index (χ0n) is 10.6. The van der Waals surface area contributed by atoms with Gasteiger partial charge in [-0.25, -0.2) is 4.57 Å². The van der Waals surface area contributed by atoms with Crippen LogP contribution in [0.4, 0.5) is 0 Å². The molecule has 1 heterocycles. The van der Waals surface area contributed by atoms with Crippen LogP contribution in [-0.2, 0) is 22.6 Å². The molecule has 0 unspecified atom stereocenters. The van der Waals surface area contributed by atoms with E-state index in [1.165, 1.54) is 0 Å². The minimum Gasteiger partial charge on any atom is -0.870 e. The van der Waals surface area contributed by atoms with Crippen molar-refractivity contribution in [1.82, 2.24) is 0 Å². The second-order valence-corrected chi connectivity index (χ2v) is 8.25. The number of nitrogens with zero attached hydrogens (tertiary/aromatic N) is 1. The fraction of sp³-hybridized carbons (Fsp3) is 0.444. The summed E-state index contributed by atoms with van der Waals surface area (Å²) in [5, 5.41) is 6.33. The van der Waals surface area contributed by atoms with Crippen molar-refractivity contribution in [3.63, 3.8) is 0 Å². The Hall–Kier alpha value is -0.630. The molecule has 11 heteroatoms. The van der Waals surface area contributed by atoms with Gasteiger partial charge in [-0.2, -0.15) is 0 Å². The van der Waals surface area contributed by atoms with E-state index in [4.69, 9.17) is 19.6 Å².